The predicted octanol–water partition coefficient (Wildman–Crippen LogP) is 3.42. The molecule has 1 aromatic rings. The molecule has 1 aromatic carbocycles. The van der Waals surface area contributed by atoms with E-state index in [1.165, 1.54) is 5.56 Å². The normalized spacial score (nSPS) is 15.1. The van der Waals surface area contributed by atoms with E-state index >= 15 is 0 Å². The first-order valence-electron chi connectivity index (χ1n) is 6.03. The topological polar surface area (TPSA) is 26.0 Å². The fourth-order valence-electron chi connectivity index (χ4n) is 1.92. The molecular formula is C14H22FN. The van der Waals surface area contributed by atoms with Gasteiger partial charge in [0.1, 0.15) is 5.67 Å². The molecule has 0 fully saturated rings. The SMILES string of the molecule is CCCc1ccc(C(F)(CN)C(C)C)cc1. The fraction of sp³-hybridized carbons (Fsp3) is 0.571. The Kier molecular flexibility index (Phi) is 4.48. The van der Waals surface area contributed by atoms with Gasteiger partial charge < -0.3 is 5.73 Å². The summed E-state index contributed by atoms with van der Waals surface area (Å²) in [6.07, 6.45) is 2.16. The van der Waals surface area contributed by atoms with E-state index in [1.54, 1.807) is 0 Å². The van der Waals surface area contributed by atoms with Crippen molar-refractivity contribution in [3.8, 4) is 0 Å². The lowest BCUT2D eigenvalue weighted by Crippen LogP contribution is -2.35. The molecule has 1 rings (SSSR count). The number of alkyl halides is 1. The van der Waals surface area contributed by atoms with Crippen LogP contribution in [-0.4, -0.2) is 6.54 Å². The third-order valence-electron chi connectivity index (χ3n) is 3.18. The maximum atomic E-state index is 14.6. The van der Waals surface area contributed by atoms with Crippen molar-refractivity contribution in [2.24, 2.45) is 11.7 Å². The summed E-state index contributed by atoms with van der Waals surface area (Å²) in [5, 5.41) is 0. The lowest BCUT2D eigenvalue weighted by atomic mass is 9.85. The molecule has 1 nitrogen and oxygen atoms in total. The van der Waals surface area contributed by atoms with Gasteiger partial charge in [-0.2, -0.15) is 0 Å². The highest BCUT2D eigenvalue weighted by atomic mass is 19.1. The zero-order valence-corrected chi connectivity index (χ0v) is 10.5. The van der Waals surface area contributed by atoms with Crippen LogP contribution in [0.4, 0.5) is 4.39 Å². The van der Waals surface area contributed by atoms with Gasteiger partial charge in [0, 0.05) is 6.54 Å². The lowest BCUT2D eigenvalue weighted by Gasteiger charge is -2.28. The third-order valence-corrected chi connectivity index (χ3v) is 3.18. The molecule has 0 aliphatic carbocycles. The van der Waals surface area contributed by atoms with E-state index in [9.17, 15) is 4.39 Å². The molecule has 0 saturated heterocycles. The maximum Gasteiger partial charge on any atom is 0.150 e. The van der Waals surface area contributed by atoms with Crippen molar-refractivity contribution in [1.82, 2.24) is 0 Å². The molecule has 0 aromatic heterocycles. The highest BCUT2D eigenvalue weighted by molar-refractivity contribution is 5.28. The van der Waals surface area contributed by atoms with E-state index in [2.05, 4.69) is 6.92 Å². The summed E-state index contributed by atoms with van der Waals surface area (Å²) >= 11 is 0. The molecular weight excluding hydrogens is 201 g/mol. The molecule has 0 radical (unpaired) electrons. The predicted molar refractivity (Wildman–Crippen MR) is 67.1 cm³/mol. The van der Waals surface area contributed by atoms with Crippen LogP contribution < -0.4 is 5.73 Å². The van der Waals surface area contributed by atoms with Crippen LogP contribution in [0, 0.1) is 5.92 Å². The van der Waals surface area contributed by atoms with Crippen molar-refractivity contribution in [3.63, 3.8) is 0 Å². The molecule has 90 valence electrons. The monoisotopic (exact) mass is 223 g/mol. The summed E-state index contributed by atoms with van der Waals surface area (Å²) in [6, 6.07) is 7.76. The van der Waals surface area contributed by atoms with Crippen molar-refractivity contribution in [2.45, 2.75) is 39.3 Å². The van der Waals surface area contributed by atoms with E-state index in [1.807, 2.05) is 38.1 Å². The Balaban J connectivity index is 2.95. The molecule has 1 unspecified atom stereocenters. The van der Waals surface area contributed by atoms with Crippen LogP contribution in [0.5, 0.6) is 0 Å². The zero-order chi connectivity index (χ0) is 12.2. The third kappa shape index (κ3) is 2.62. The van der Waals surface area contributed by atoms with Crippen LogP contribution in [-0.2, 0) is 12.1 Å². The largest absolute Gasteiger partial charge is 0.327 e. The van der Waals surface area contributed by atoms with Gasteiger partial charge in [-0.15, -0.1) is 0 Å². The Morgan fingerprint density at radius 2 is 1.81 bits per heavy atom. The number of nitrogens with two attached hydrogens (primary N) is 1. The second-order valence-electron chi connectivity index (χ2n) is 4.67. The number of hydrogen-bond donors (Lipinski definition) is 1. The van der Waals surface area contributed by atoms with Crippen LogP contribution in [0.15, 0.2) is 24.3 Å². The summed E-state index contributed by atoms with van der Waals surface area (Å²) in [5.74, 6) is -0.102. The quantitative estimate of drug-likeness (QED) is 0.813. The highest BCUT2D eigenvalue weighted by Crippen LogP contribution is 2.33. The smallest absolute Gasteiger partial charge is 0.150 e. The molecule has 2 heteroatoms. The summed E-state index contributed by atoms with van der Waals surface area (Å²) in [7, 11) is 0. The van der Waals surface area contributed by atoms with Gasteiger partial charge in [0.25, 0.3) is 0 Å². The molecule has 0 aliphatic rings. The Labute approximate surface area is 97.9 Å². The number of benzene rings is 1. The van der Waals surface area contributed by atoms with E-state index in [4.69, 9.17) is 5.73 Å². The Morgan fingerprint density at radius 1 is 1.25 bits per heavy atom. The minimum Gasteiger partial charge on any atom is -0.327 e. The van der Waals surface area contributed by atoms with Crippen LogP contribution in [0.3, 0.4) is 0 Å². The van der Waals surface area contributed by atoms with Gasteiger partial charge in [0.2, 0.25) is 0 Å². The Bertz CT molecular complexity index is 318. The molecule has 0 aliphatic heterocycles. The second-order valence-corrected chi connectivity index (χ2v) is 4.67. The zero-order valence-electron chi connectivity index (χ0n) is 10.5. The Hall–Kier alpha value is -0.890. The van der Waals surface area contributed by atoms with Gasteiger partial charge in [-0.3, -0.25) is 0 Å². The van der Waals surface area contributed by atoms with E-state index in [0.29, 0.717) is 5.56 Å². The lowest BCUT2D eigenvalue weighted by molar-refractivity contribution is 0.109. The van der Waals surface area contributed by atoms with Crippen molar-refractivity contribution in [1.29, 1.82) is 0 Å². The van der Waals surface area contributed by atoms with Gasteiger partial charge in [0.05, 0.1) is 0 Å². The number of rotatable bonds is 5. The van der Waals surface area contributed by atoms with Crippen LogP contribution in [0.1, 0.15) is 38.3 Å². The van der Waals surface area contributed by atoms with Crippen LogP contribution in [0.25, 0.3) is 0 Å². The summed E-state index contributed by atoms with van der Waals surface area (Å²) < 4.78 is 14.6. The highest BCUT2D eigenvalue weighted by Gasteiger charge is 2.33. The number of aryl methyl sites for hydroxylation is 1. The molecule has 1 atom stereocenters. The minimum atomic E-state index is -1.40. The van der Waals surface area contributed by atoms with E-state index in [-0.39, 0.29) is 12.5 Å². The van der Waals surface area contributed by atoms with Gasteiger partial charge in [-0.1, -0.05) is 51.5 Å². The second kappa shape index (κ2) is 5.44. The first-order valence-corrected chi connectivity index (χ1v) is 6.03. The van der Waals surface area contributed by atoms with Crippen molar-refractivity contribution >= 4 is 0 Å². The average molecular weight is 223 g/mol. The molecule has 2 N–H and O–H groups in total. The number of hydrogen-bond acceptors (Lipinski definition) is 1. The summed E-state index contributed by atoms with van der Waals surface area (Å²) in [4.78, 5) is 0. The first-order chi connectivity index (χ1) is 7.54. The molecule has 0 saturated carbocycles. The fourth-order valence-corrected chi connectivity index (χ4v) is 1.92. The van der Waals surface area contributed by atoms with Gasteiger partial charge in [0.15, 0.2) is 0 Å². The van der Waals surface area contributed by atoms with Crippen molar-refractivity contribution in [3.05, 3.63) is 35.4 Å². The summed E-state index contributed by atoms with van der Waals surface area (Å²) in [6.45, 7) is 5.92. The van der Waals surface area contributed by atoms with Crippen molar-refractivity contribution in [2.75, 3.05) is 6.54 Å². The molecule has 0 heterocycles. The average Bonchev–Trinajstić information content (AvgIpc) is 2.29. The molecule has 16 heavy (non-hydrogen) atoms. The van der Waals surface area contributed by atoms with Gasteiger partial charge >= 0.3 is 0 Å². The molecule has 0 spiro atoms. The minimum absolute atomic E-state index is 0.0395. The van der Waals surface area contributed by atoms with Gasteiger partial charge in [-0.05, 0) is 23.5 Å². The maximum absolute atomic E-state index is 14.6. The standard InChI is InChI=1S/C14H22FN/c1-4-5-12-6-8-13(9-7-12)14(15,10-16)11(2)3/h6-9,11H,4-5,10,16H2,1-3H3. The summed E-state index contributed by atoms with van der Waals surface area (Å²) in [5.41, 5.74) is 6.12. The van der Waals surface area contributed by atoms with E-state index in [0.717, 1.165) is 12.8 Å². The Morgan fingerprint density at radius 3 is 2.19 bits per heavy atom. The van der Waals surface area contributed by atoms with Crippen LogP contribution in [0.2, 0.25) is 0 Å². The van der Waals surface area contributed by atoms with E-state index < -0.39 is 5.67 Å². The molecule has 0 bridgehead atoms. The first kappa shape index (κ1) is 13.2. The molecule has 0 amide bonds. The van der Waals surface area contributed by atoms with Gasteiger partial charge in [-0.25, -0.2) is 4.39 Å². The number of halogens is 1. The van der Waals surface area contributed by atoms with Crippen molar-refractivity contribution < 1.29 is 4.39 Å². The van der Waals surface area contributed by atoms with Crippen LogP contribution >= 0.6 is 0 Å².